The van der Waals surface area contributed by atoms with Crippen LogP contribution in [0.3, 0.4) is 0 Å². The van der Waals surface area contributed by atoms with Crippen molar-refractivity contribution in [3.63, 3.8) is 0 Å². The molecule has 0 spiro atoms. The van der Waals surface area contributed by atoms with Gasteiger partial charge in [0.1, 0.15) is 38.3 Å². The largest absolute Gasteiger partial charge is 1.00 e. The SMILES string of the molecule is CC(O)COc1cc(S(=O)(=O)[O-])cc(S(=O)(=O)[O-])c1OCC(C)O.[Na+].[Na+]. The van der Waals surface area contributed by atoms with Gasteiger partial charge in [0.05, 0.1) is 17.1 Å². The Morgan fingerprint density at radius 3 is 1.77 bits per heavy atom. The van der Waals surface area contributed by atoms with E-state index < -0.39 is 66.9 Å². The zero-order chi connectivity index (χ0) is 18.7. The van der Waals surface area contributed by atoms with E-state index >= 15 is 0 Å². The van der Waals surface area contributed by atoms with Crippen molar-refractivity contribution in [1.29, 1.82) is 0 Å². The standard InChI is InChI=1S/C12H18O10S2.2Na/c1-7(13)5-21-10-3-9(23(15,16)17)4-11(24(18,19)20)12(10)22-6-8(2)14;;/h3-4,7-8,13-14H,5-6H2,1-2H3,(H,15,16,17)(H,18,19,20);;/q;2*+1/p-2. The van der Waals surface area contributed by atoms with Crippen LogP contribution in [0.4, 0.5) is 0 Å². The summed E-state index contributed by atoms with van der Waals surface area (Å²) in [6.45, 7) is 1.82. The first-order valence-electron chi connectivity index (χ1n) is 6.54. The fraction of sp³-hybridized carbons (Fsp3) is 0.500. The molecule has 0 saturated carbocycles. The Morgan fingerprint density at radius 2 is 1.38 bits per heavy atom. The molecule has 138 valence electrons. The van der Waals surface area contributed by atoms with Gasteiger partial charge in [0.15, 0.2) is 11.5 Å². The van der Waals surface area contributed by atoms with Gasteiger partial charge in [0.2, 0.25) is 0 Å². The molecule has 1 rings (SSSR count). The van der Waals surface area contributed by atoms with Gasteiger partial charge < -0.3 is 28.8 Å². The van der Waals surface area contributed by atoms with E-state index in [1.807, 2.05) is 0 Å². The number of aliphatic hydroxyl groups excluding tert-OH is 2. The van der Waals surface area contributed by atoms with Gasteiger partial charge in [-0.1, -0.05) is 0 Å². The summed E-state index contributed by atoms with van der Waals surface area (Å²) >= 11 is 0. The summed E-state index contributed by atoms with van der Waals surface area (Å²) in [5.41, 5.74) is 0. The Kier molecular flexibility index (Phi) is 12.8. The van der Waals surface area contributed by atoms with Gasteiger partial charge in [0, 0.05) is 6.07 Å². The van der Waals surface area contributed by atoms with Crippen molar-refractivity contribution < 1.29 is 105 Å². The minimum atomic E-state index is -5.23. The molecule has 0 amide bonds. The fourth-order valence-corrected chi connectivity index (χ4v) is 2.79. The average molecular weight is 430 g/mol. The second-order valence-electron chi connectivity index (χ2n) is 4.98. The Balaban J connectivity index is 0. The van der Waals surface area contributed by atoms with E-state index in [1.165, 1.54) is 13.8 Å². The van der Waals surface area contributed by atoms with Gasteiger partial charge in [0.25, 0.3) is 0 Å². The van der Waals surface area contributed by atoms with Crippen molar-refractivity contribution in [2.75, 3.05) is 13.2 Å². The summed E-state index contributed by atoms with van der Waals surface area (Å²) in [5.74, 6) is -1.19. The molecule has 0 heterocycles. The van der Waals surface area contributed by atoms with E-state index in [0.29, 0.717) is 12.1 Å². The van der Waals surface area contributed by atoms with Crippen molar-refractivity contribution in [1.82, 2.24) is 0 Å². The third-order valence-electron chi connectivity index (χ3n) is 2.50. The number of hydrogen-bond acceptors (Lipinski definition) is 10. The molecule has 1 aromatic carbocycles. The summed E-state index contributed by atoms with van der Waals surface area (Å²) < 4.78 is 77.6. The summed E-state index contributed by atoms with van der Waals surface area (Å²) in [7, 11) is -10.3. The molecule has 26 heavy (non-hydrogen) atoms. The smallest absolute Gasteiger partial charge is 0.744 e. The number of ether oxygens (including phenoxy) is 2. The maximum Gasteiger partial charge on any atom is 1.00 e. The maximum atomic E-state index is 11.4. The summed E-state index contributed by atoms with van der Waals surface area (Å²) in [6.07, 6.45) is -2.06. The summed E-state index contributed by atoms with van der Waals surface area (Å²) in [5, 5.41) is 18.4. The third kappa shape index (κ3) is 9.17. The molecule has 0 radical (unpaired) electrons. The minimum absolute atomic E-state index is 0. The van der Waals surface area contributed by atoms with E-state index in [-0.39, 0.29) is 59.1 Å². The van der Waals surface area contributed by atoms with Crippen LogP contribution >= 0.6 is 0 Å². The van der Waals surface area contributed by atoms with Gasteiger partial charge in [-0.2, -0.15) is 0 Å². The van der Waals surface area contributed by atoms with Crippen molar-refractivity contribution in [3.8, 4) is 11.5 Å². The van der Waals surface area contributed by atoms with Crippen LogP contribution in [0.25, 0.3) is 0 Å². The normalized spacial score (nSPS) is 13.8. The van der Waals surface area contributed by atoms with E-state index in [9.17, 15) is 36.2 Å². The summed E-state index contributed by atoms with van der Waals surface area (Å²) in [4.78, 5) is -2.14. The third-order valence-corrected chi connectivity index (χ3v) is 4.16. The number of rotatable bonds is 8. The molecule has 0 aliphatic heterocycles. The number of aliphatic hydroxyl groups is 2. The van der Waals surface area contributed by atoms with Crippen LogP contribution in [-0.4, -0.2) is 61.6 Å². The first kappa shape index (κ1) is 28.8. The van der Waals surface area contributed by atoms with Gasteiger partial charge in [-0.3, -0.25) is 0 Å². The molecule has 14 heteroatoms. The van der Waals surface area contributed by atoms with Crippen LogP contribution in [-0.2, 0) is 20.2 Å². The van der Waals surface area contributed by atoms with Crippen molar-refractivity contribution in [2.45, 2.75) is 35.8 Å². The number of benzene rings is 1. The second-order valence-corrected chi connectivity index (χ2v) is 7.70. The zero-order valence-electron chi connectivity index (χ0n) is 14.7. The van der Waals surface area contributed by atoms with Gasteiger partial charge in [-0.05, 0) is 19.9 Å². The molecule has 0 saturated heterocycles. The molecule has 0 fully saturated rings. The summed E-state index contributed by atoms with van der Waals surface area (Å²) in [6, 6.07) is 1.04. The van der Waals surface area contributed by atoms with Crippen molar-refractivity contribution in [3.05, 3.63) is 12.1 Å². The second kappa shape index (κ2) is 11.5. The van der Waals surface area contributed by atoms with Crippen LogP contribution < -0.4 is 68.6 Å². The topological polar surface area (TPSA) is 173 Å². The predicted octanol–water partition coefficient (Wildman–Crippen LogP) is -6.98. The first-order chi connectivity index (χ1) is 10.8. The molecule has 0 aliphatic carbocycles. The number of hydrogen-bond donors (Lipinski definition) is 2. The Morgan fingerprint density at radius 1 is 0.923 bits per heavy atom. The maximum absolute atomic E-state index is 11.4. The van der Waals surface area contributed by atoms with Gasteiger partial charge in [-0.25, -0.2) is 16.8 Å². The van der Waals surface area contributed by atoms with Crippen LogP contribution in [0.1, 0.15) is 13.8 Å². The Labute approximate surface area is 196 Å². The molecule has 1 aromatic rings. The molecule has 2 atom stereocenters. The first-order valence-corrected chi connectivity index (χ1v) is 9.35. The van der Waals surface area contributed by atoms with E-state index in [1.54, 1.807) is 0 Å². The fourth-order valence-electron chi connectivity index (χ4n) is 1.55. The quantitative estimate of drug-likeness (QED) is 0.298. The Hall–Kier alpha value is 0.560. The van der Waals surface area contributed by atoms with Crippen molar-refractivity contribution in [2.24, 2.45) is 0 Å². The average Bonchev–Trinajstić information content (AvgIpc) is 2.40. The van der Waals surface area contributed by atoms with Gasteiger partial charge >= 0.3 is 59.1 Å². The van der Waals surface area contributed by atoms with Crippen LogP contribution in [0.15, 0.2) is 21.9 Å². The van der Waals surface area contributed by atoms with Gasteiger partial charge in [-0.15, -0.1) is 0 Å². The Bertz CT molecular complexity index is 790. The van der Waals surface area contributed by atoms with Crippen LogP contribution in [0.2, 0.25) is 0 Å². The van der Waals surface area contributed by atoms with E-state index in [0.717, 1.165) is 0 Å². The molecule has 0 aliphatic rings. The molecule has 2 unspecified atom stereocenters. The molecular formula is C12H16Na2O10S2. The van der Waals surface area contributed by atoms with E-state index in [2.05, 4.69) is 0 Å². The molecule has 0 bridgehead atoms. The van der Waals surface area contributed by atoms with Crippen LogP contribution in [0, 0.1) is 0 Å². The molecule has 10 nitrogen and oxygen atoms in total. The monoisotopic (exact) mass is 430 g/mol. The molecular weight excluding hydrogens is 414 g/mol. The zero-order valence-corrected chi connectivity index (χ0v) is 20.3. The predicted molar refractivity (Wildman–Crippen MR) is 76.7 cm³/mol. The van der Waals surface area contributed by atoms with Crippen molar-refractivity contribution >= 4 is 20.2 Å². The molecule has 2 N–H and O–H groups in total. The minimum Gasteiger partial charge on any atom is -0.744 e. The molecule has 0 aromatic heterocycles. The van der Waals surface area contributed by atoms with Crippen LogP contribution in [0.5, 0.6) is 11.5 Å². The van der Waals surface area contributed by atoms with E-state index in [4.69, 9.17) is 9.47 Å².